The molecule has 7 nitrogen and oxygen atoms in total. The number of hydrogen-bond acceptors (Lipinski definition) is 5. The van der Waals surface area contributed by atoms with Gasteiger partial charge in [0.15, 0.2) is 0 Å². The summed E-state index contributed by atoms with van der Waals surface area (Å²) in [4.78, 5) is 15.1. The lowest BCUT2D eigenvalue weighted by Gasteiger charge is -2.42. The third kappa shape index (κ3) is 6.47. The summed E-state index contributed by atoms with van der Waals surface area (Å²) in [6.45, 7) is 4.86. The summed E-state index contributed by atoms with van der Waals surface area (Å²) >= 11 is 18.2. The van der Waals surface area contributed by atoms with E-state index in [0.717, 1.165) is 5.56 Å². The first-order chi connectivity index (χ1) is 17.1. The predicted molar refractivity (Wildman–Crippen MR) is 141 cm³/mol. The van der Waals surface area contributed by atoms with Crippen molar-refractivity contribution in [3.05, 3.63) is 57.0 Å². The van der Waals surface area contributed by atoms with Gasteiger partial charge in [-0.3, -0.25) is 4.79 Å². The van der Waals surface area contributed by atoms with E-state index in [1.165, 1.54) is 22.5 Å². The van der Waals surface area contributed by atoms with E-state index in [1.54, 1.807) is 12.1 Å². The zero-order valence-corrected chi connectivity index (χ0v) is 23.1. The van der Waals surface area contributed by atoms with Crippen LogP contribution in [-0.2, 0) is 19.6 Å². The monoisotopic (exact) mass is 574 g/mol. The number of benzene rings is 2. The average molecular weight is 576 g/mol. The first-order valence-corrected chi connectivity index (χ1v) is 14.4. The van der Waals surface area contributed by atoms with E-state index in [0.29, 0.717) is 56.5 Å². The van der Waals surface area contributed by atoms with Crippen LogP contribution in [-0.4, -0.2) is 69.5 Å². The van der Waals surface area contributed by atoms with Gasteiger partial charge in [0.2, 0.25) is 15.9 Å². The number of nitrogens with zero attached hydrogens (tertiary/aromatic N) is 2. The van der Waals surface area contributed by atoms with Gasteiger partial charge in [0, 0.05) is 53.1 Å². The normalized spacial score (nSPS) is 18.7. The van der Waals surface area contributed by atoms with Crippen LogP contribution in [0.15, 0.2) is 41.3 Å². The fourth-order valence-electron chi connectivity index (χ4n) is 4.59. The van der Waals surface area contributed by atoms with E-state index < -0.39 is 15.4 Å². The number of carbonyl (C=O) groups is 1. The molecular weight excluding hydrogens is 547 g/mol. The summed E-state index contributed by atoms with van der Waals surface area (Å²) in [5, 5.41) is 1.17. The summed E-state index contributed by atoms with van der Waals surface area (Å²) in [5.74, 6) is 0.700. The van der Waals surface area contributed by atoms with E-state index in [4.69, 9.17) is 44.3 Å². The Morgan fingerprint density at radius 1 is 1.00 bits per heavy atom. The van der Waals surface area contributed by atoms with Crippen molar-refractivity contribution in [2.75, 3.05) is 46.0 Å². The van der Waals surface area contributed by atoms with Gasteiger partial charge in [-0.25, -0.2) is 8.42 Å². The average Bonchev–Trinajstić information content (AvgIpc) is 2.85. The number of halogens is 3. The highest BCUT2D eigenvalue weighted by atomic mass is 35.5. The van der Waals surface area contributed by atoms with Crippen molar-refractivity contribution in [1.82, 2.24) is 9.21 Å². The van der Waals surface area contributed by atoms with Gasteiger partial charge >= 0.3 is 0 Å². The Morgan fingerprint density at radius 3 is 2.25 bits per heavy atom. The minimum Gasteiger partial charge on any atom is -0.493 e. The van der Waals surface area contributed by atoms with Crippen molar-refractivity contribution in [3.63, 3.8) is 0 Å². The fraction of sp³-hybridized carbons (Fsp3) is 0.480. The second kappa shape index (κ2) is 11.5. The van der Waals surface area contributed by atoms with E-state index in [-0.39, 0.29) is 40.4 Å². The molecule has 4 rings (SSSR count). The van der Waals surface area contributed by atoms with Crippen LogP contribution in [0.25, 0.3) is 0 Å². The van der Waals surface area contributed by atoms with Crippen LogP contribution in [0.2, 0.25) is 15.1 Å². The van der Waals surface area contributed by atoms with Crippen molar-refractivity contribution < 1.29 is 22.7 Å². The summed E-state index contributed by atoms with van der Waals surface area (Å²) in [5.41, 5.74) is 0.384. The Labute approximate surface area is 227 Å². The van der Waals surface area contributed by atoms with Crippen LogP contribution >= 0.6 is 34.8 Å². The van der Waals surface area contributed by atoms with Gasteiger partial charge in [-0.1, -0.05) is 34.8 Å². The molecule has 0 unspecified atom stereocenters. The molecule has 11 heteroatoms. The highest BCUT2D eigenvalue weighted by Crippen LogP contribution is 2.39. The van der Waals surface area contributed by atoms with E-state index in [1.807, 2.05) is 17.9 Å². The molecule has 2 aliphatic rings. The van der Waals surface area contributed by atoms with Gasteiger partial charge in [-0.15, -0.1) is 0 Å². The van der Waals surface area contributed by atoms with Crippen molar-refractivity contribution in [1.29, 1.82) is 0 Å². The van der Waals surface area contributed by atoms with Gasteiger partial charge in [0.05, 0.1) is 24.7 Å². The van der Waals surface area contributed by atoms with Crippen LogP contribution in [0.5, 0.6) is 5.75 Å². The Kier molecular flexibility index (Phi) is 8.75. The molecule has 0 spiro atoms. The van der Waals surface area contributed by atoms with Crippen LogP contribution in [0, 0.1) is 12.3 Å². The highest BCUT2D eigenvalue weighted by molar-refractivity contribution is 7.89. The van der Waals surface area contributed by atoms with Gasteiger partial charge in [-0.2, -0.15) is 4.31 Å². The number of rotatable bonds is 7. The molecule has 0 bridgehead atoms. The zero-order valence-electron chi connectivity index (χ0n) is 20.0. The standard InChI is InChI=1S/C25H29Cl3N2O5S/c1-18-12-21(2-3-23(18)28)35-17-25(16-24(31)29-8-10-34-11-9-29)4-6-30(7-5-25)36(32,33)22-14-19(26)13-20(27)15-22/h2-3,12-15H,4-11,16-17H2,1H3. The van der Waals surface area contributed by atoms with Crippen molar-refractivity contribution in [2.45, 2.75) is 31.1 Å². The number of amides is 1. The maximum Gasteiger partial charge on any atom is 0.243 e. The van der Waals surface area contributed by atoms with Crippen molar-refractivity contribution in [3.8, 4) is 5.75 Å². The number of hydrogen-bond donors (Lipinski definition) is 0. The molecule has 36 heavy (non-hydrogen) atoms. The molecule has 2 aliphatic heterocycles. The third-order valence-corrected chi connectivity index (χ3v) is 9.56. The van der Waals surface area contributed by atoms with Crippen LogP contribution in [0.1, 0.15) is 24.8 Å². The van der Waals surface area contributed by atoms with Gasteiger partial charge in [-0.05, 0) is 61.7 Å². The molecule has 2 aromatic carbocycles. The van der Waals surface area contributed by atoms with Gasteiger partial charge in [0.1, 0.15) is 5.75 Å². The summed E-state index contributed by atoms with van der Waals surface area (Å²) in [6.07, 6.45) is 1.23. The number of morpholine rings is 1. The minimum absolute atomic E-state index is 0.0344. The number of sulfonamides is 1. The van der Waals surface area contributed by atoms with Gasteiger partial charge < -0.3 is 14.4 Å². The minimum atomic E-state index is -3.79. The largest absolute Gasteiger partial charge is 0.493 e. The zero-order chi connectivity index (χ0) is 25.9. The Balaban J connectivity index is 1.51. The first kappa shape index (κ1) is 27.5. The van der Waals surface area contributed by atoms with Crippen LogP contribution in [0.3, 0.4) is 0 Å². The molecule has 0 N–H and O–H groups in total. The molecule has 0 aliphatic carbocycles. The third-order valence-electron chi connectivity index (χ3n) is 6.82. The molecule has 1 amide bonds. The molecule has 0 saturated carbocycles. The number of ether oxygens (including phenoxy) is 2. The second-order valence-corrected chi connectivity index (χ2v) is 12.6. The lowest BCUT2D eigenvalue weighted by atomic mass is 9.76. The number of piperidine rings is 1. The van der Waals surface area contributed by atoms with E-state index in [9.17, 15) is 13.2 Å². The lowest BCUT2D eigenvalue weighted by molar-refractivity contribution is -0.139. The summed E-state index contributed by atoms with van der Waals surface area (Å²) in [6, 6.07) is 9.74. The van der Waals surface area contributed by atoms with Crippen LogP contribution in [0.4, 0.5) is 0 Å². The molecule has 2 saturated heterocycles. The van der Waals surface area contributed by atoms with Gasteiger partial charge in [0.25, 0.3) is 0 Å². The van der Waals surface area contributed by atoms with E-state index >= 15 is 0 Å². The number of aryl methyl sites for hydroxylation is 1. The van der Waals surface area contributed by atoms with E-state index in [2.05, 4.69) is 0 Å². The second-order valence-electron chi connectivity index (χ2n) is 9.38. The molecule has 196 valence electrons. The highest BCUT2D eigenvalue weighted by Gasteiger charge is 2.42. The maximum absolute atomic E-state index is 13.3. The van der Waals surface area contributed by atoms with Crippen molar-refractivity contribution in [2.24, 2.45) is 5.41 Å². The summed E-state index contributed by atoms with van der Waals surface area (Å²) in [7, 11) is -3.79. The maximum atomic E-state index is 13.3. The fourth-order valence-corrected chi connectivity index (χ4v) is 6.87. The quantitative estimate of drug-likeness (QED) is 0.462. The molecule has 2 heterocycles. The Hall–Kier alpha value is -1.55. The lowest BCUT2D eigenvalue weighted by Crippen LogP contribution is -2.49. The van der Waals surface area contributed by atoms with Crippen LogP contribution < -0.4 is 4.74 Å². The molecular formula is C25H29Cl3N2O5S. The molecule has 2 aromatic rings. The molecule has 0 radical (unpaired) electrons. The number of carbonyl (C=O) groups excluding carboxylic acids is 1. The Morgan fingerprint density at radius 2 is 1.64 bits per heavy atom. The smallest absolute Gasteiger partial charge is 0.243 e. The van der Waals surface area contributed by atoms with Crippen molar-refractivity contribution >= 4 is 50.7 Å². The molecule has 0 atom stereocenters. The summed E-state index contributed by atoms with van der Waals surface area (Å²) < 4.78 is 39.6. The molecule has 0 aromatic heterocycles. The Bertz CT molecular complexity index is 1190. The predicted octanol–water partition coefficient (Wildman–Crippen LogP) is 5.05. The topological polar surface area (TPSA) is 76.2 Å². The molecule has 2 fully saturated rings. The SMILES string of the molecule is Cc1cc(OCC2(CC(=O)N3CCOCC3)CCN(S(=O)(=O)c3cc(Cl)cc(Cl)c3)CC2)ccc1Cl. The first-order valence-electron chi connectivity index (χ1n) is 11.8.